The molecule has 2 unspecified atom stereocenters. The van der Waals surface area contributed by atoms with Gasteiger partial charge in [-0.2, -0.15) is 5.26 Å². The number of carbonyl (C=O) groups is 1. The number of carbonyl (C=O) groups excluding carboxylic acids is 1. The minimum Gasteiger partial charge on any atom is -0.495 e. The summed E-state index contributed by atoms with van der Waals surface area (Å²) in [5, 5.41) is 11.9. The number of hydrogen-bond donors (Lipinski definition) is 2. The van der Waals surface area contributed by atoms with Gasteiger partial charge in [-0.25, -0.2) is 0 Å². The molecule has 6 nitrogen and oxygen atoms in total. The first-order valence-electron chi connectivity index (χ1n) is 6.25. The number of amides is 1. The lowest BCUT2D eigenvalue weighted by atomic mass is 9.84. The lowest BCUT2D eigenvalue weighted by Crippen LogP contribution is -2.47. The smallest absolute Gasteiger partial charge is 0.234 e. The number of para-hydroxylation sites is 1. The molecule has 0 spiro atoms. The Morgan fingerprint density at radius 3 is 2.95 bits per heavy atom. The molecule has 1 aliphatic rings. The molecule has 1 saturated heterocycles. The highest BCUT2D eigenvalue weighted by atomic mass is 16.5. The van der Waals surface area contributed by atoms with Crippen LogP contribution in [0.5, 0.6) is 5.75 Å². The number of ether oxygens (including phenoxy) is 2. The van der Waals surface area contributed by atoms with E-state index in [0.29, 0.717) is 23.6 Å². The Kier molecular flexibility index (Phi) is 3.93. The van der Waals surface area contributed by atoms with E-state index < -0.39 is 5.41 Å². The van der Waals surface area contributed by atoms with E-state index in [1.165, 1.54) is 7.11 Å². The summed E-state index contributed by atoms with van der Waals surface area (Å²) >= 11 is 0. The van der Waals surface area contributed by atoms with Gasteiger partial charge in [0.05, 0.1) is 31.3 Å². The fraction of sp³-hybridized carbons (Fsp3) is 0.429. The molecule has 2 rings (SSSR count). The van der Waals surface area contributed by atoms with Gasteiger partial charge in [-0.05, 0) is 19.1 Å². The second-order valence-electron chi connectivity index (χ2n) is 4.99. The van der Waals surface area contributed by atoms with Crippen LogP contribution in [0.2, 0.25) is 0 Å². The normalized spacial score (nSPS) is 25.0. The summed E-state index contributed by atoms with van der Waals surface area (Å²) in [5.41, 5.74) is 5.82. The number of anilines is 1. The minimum atomic E-state index is -0.812. The molecule has 6 heteroatoms. The Hall–Kier alpha value is -2.10. The highest BCUT2D eigenvalue weighted by molar-refractivity contribution is 5.98. The van der Waals surface area contributed by atoms with E-state index in [2.05, 4.69) is 5.32 Å². The van der Waals surface area contributed by atoms with Gasteiger partial charge in [-0.1, -0.05) is 6.07 Å². The number of nitrogens with two attached hydrogens (primary N) is 1. The van der Waals surface area contributed by atoms with E-state index in [-0.39, 0.29) is 18.6 Å². The quantitative estimate of drug-likeness (QED) is 0.853. The fourth-order valence-electron chi connectivity index (χ4n) is 2.10. The number of nitrogens with zero attached hydrogens (tertiary/aromatic N) is 1. The van der Waals surface area contributed by atoms with E-state index in [9.17, 15) is 4.79 Å². The molecule has 20 heavy (non-hydrogen) atoms. The lowest BCUT2D eigenvalue weighted by Gasteiger charge is -2.26. The van der Waals surface area contributed by atoms with Crippen LogP contribution in [0, 0.1) is 16.7 Å². The molecule has 0 aliphatic carbocycles. The Morgan fingerprint density at radius 2 is 2.40 bits per heavy atom. The van der Waals surface area contributed by atoms with Crippen LogP contribution in [0.1, 0.15) is 12.5 Å². The van der Waals surface area contributed by atoms with Gasteiger partial charge < -0.3 is 20.5 Å². The van der Waals surface area contributed by atoms with Crippen molar-refractivity contribution in [2.75, 3.05) is 25.6 Å². The molecule has 3 N–H and O–H groups in total. The summed E-state index contributed by atoms with van der Waals surface area (Å²) in [7, 11) is 1.48. The molecule has 0 radical (unpaired) electrons. The Bertz CT molecular complexity index is 567. The number of benzene rings is 1. The molecule has 1 aliphatic heterocycles. The van der Waals surface area contributed by atoms with Crippen LogP contribution in [0.15, 0.2) is 18.2 Å². The Labute approximate surface area is 117 Å². The molecular formula is C14H17N3O3. The maximum absolute atomic E-state index is 12.4. The van der Waals surface area contributed by atoms with Gasteiger partial charge in [-0.3, -0.25) is 4.79 Å². The topological polar surface area (TPSA) is 97.4 Å². The van der Waals surface area contributed by atoms with E-state index in [1.54, 1.807) is 25.1 Å². The predicted octanol–water partition coefficient (Wildman–Crippen LogP) is 0.869. The zero-order valence-corrected chi connectivity index (χ0v) is 11.5. The van der Waals surface area contributed by atoms with Crippen LogP contribution in [0.4, 0.5) is 5.69 Å². The van der Waals surface area contributed by atoms with Gasteiger partial charge in [0, 0.05) is 6.04 Å². The number of nitrogens with one attached hydrogen (secondary N) is 1. The van der Waals surface area contributed by atoms with E-state index in [0.717, 1.165) is 0 Å². The predicted molar refractivity (Wildman–Crippen MR) is 73.2 cm³/mol. The number of methoxy groups -OCH3 is 1. The van der Waals surface area contributed by atoms with E-state index >= 15 is 0 Å². The van der Waals surface area contributed by atoms with Crippen LogP contribution in [0.3, 0.4) is 0 Å². The SMILES string of the molecule is COc1cccc(C#N)c1NC(=O)C1(C)COCC1N. The molecule has 0 aromatic heterocycles. The van der Waals surface area contributed by atoms with Crippen molar-refractivity contribution >= 4 is 11.6 Å². The highest BCUT2D eigenvalue weighted by Gasteiger charge is 2.44. The summed E-state index contributed by atoms with van der Waals surface area (Å²) in [6, 6.07) is 6.65. The second kappa shape index (κ2) is 5.49. The van der Waals surface area contributed by atoms with Gasteiger partial charge >= 0.3 is 0 Å². The van der Waals surface area contributed by atoms with Gasteiger partial charge in [0.25, 0.3) is 0 Å². The summed E-state index contributed by atoms with van der Waals surface area (Å²) in [6.07, 6.45) is 0. The molecule has 1 aromatic carbocycles. The summed E-state index contributed by atoms with van der Waals surface area (Å²) < 4.78 is 10.4. The average molecular weight is 275 g/mol. The Morgan fingerprint density at radius 1 is 1.65 bits per heavy atom. The molecular weight excluding hydrogens is 258 g/mol. The van der Waals surface area contributed by atoms with Crippen LogP contribution >= 0.6 is 0 Å². The summed E-state index contributed by atoms with van der Waals surface area (Å²) in [4.78, 5) is 12.4. The Balaban J connectivity index is 2.31. The summed E-state index contributed by atoms with van der Waals surface area (Å²) in [6.45, 7) is 2.36. The first kappa shape index (κ1) is 14.3. The molecule has 106 valence electrons. The molecule has 2 atom stereocenters. The van der Waals surface area contributed by atoms with Gasteiger partial charge in [0.1, 0.15) is 17.5 Å². The average Bonchev–Trinajstić information content (AvgIpc) is 2.80. The van der Waals surface area contributed by atoms with Crippen molar-refractivity contribution in [1.82, 2.24) is 0 Å². The van der Waals surface area contributed by atoms with E-state index in [4.69, 9.17) is 20.5 Å². The van der Waals surface area contributed by atoms with E-state index in [1.807, 2.05) is 6.07 Å². The third-order valence-electron chi connectivity index (χ3n) is 3.64. The first-order chi connectivity index (χ1) is 9.52. The molecule has 0 saturated carbocycles. The molecule has 0 bridgehead atoms. The van der Waals surface area contributed by atoms with Crippen molar-refractivity contribution in [2.24, 2.45) is 11.1 Å². The van der Waals surface area contributed by atoms with Crippen molar-refractivity contribution in [1.29, 1.82) is 5.26 Å². The standard InChI is InChI=1S/C14H17N3O3/c1-14(8-20-7-11(14)16)13(18)17-12-9(6-15)4-3-5-10(12)19-2/h3-5,11H,7-8,16H2,1-2H3,(H,17,18). The minimum absolute atomic E-state index is 0.261. The first-order valence-corrected chi connectivity index (χ1v) is 6.25. The van der Waals surface area contributed by atoms with Crippen LogP contribution in [0.25, 0.3) is 0 Å². The zero-order valence-electron chi connectivity index (χ0n) is 11.5. The van der Waals surface area contributed by atoms with Crippen molar-refractivity contribution in [3.63, 3.8) is 0 Å². The zero-order chi connectivity index (χ0) is 14.8. The number of hydrogen-bond acceptors (Lipinski definition) is 5. The van der Waals surface area contributed by atoms with Crippen molar-refractivity contribution < 1.29 is 14.3 Å². The van der Waals surface area contributed by atoms with Crippen LogP contribution in [-0.4, -0.2) is 32.3 Å². The molecule has 1 amide bonds. The highest BCUT2D eigenvalue weighted by Crippen LogP contribution is 2.33. The van der Waals surface area contributed by atoms with Crippen molar-refractivity contribution in [2.45, 2.75) is 13.0 Å². The van der Waals surface area contributed by atoms with Crippen molar-refractivity contribution in [3.8, 4) is 11.8 Å². The third-order valence-corrected chi connectivity index (χ3v) is 3.64. The molecule has 1 heterocycles. The number of nitriles is 1. The second-order valence-corrected chi connectivity index (χ2v) is 4.99. The largest absolute Gasteiger partial charge is 0.495 e. The third kappa shape index (κ3) is 2.33. The molecule has 1 fully saturated rings. The van der Waals surface area contributed by atoms with Gasteiger partial charge in [0.2, 0.25) is 5.91 Å². The van der Waals surface area contributed by atoms with Crippen LogP contribution in [-0.2, 0) is 9.53 Å². The molecule has 1 aromatic rings. The maximum atomic E-state index is 12.4. The summed E-state index contributed by atoms with van der Waals surface area (Å²) in [5.74, 6) is 0.164. The monoisotopic (exact) mass is 275 g/mol. The van der Waals surface area contributed by atoms with Gasteiger partial charge in [-0.15, -0.1) is 0 Å². The maximum Gasteiger partial charge on any atom is 0.234 e. The van der Waals surface area contributed by atoms with Crippen molar-refractivity contribution in [3.05, 3.63) is 23.8 Å². The fourth-order valence-corrected chi connectivity index (χ4v) is 2.10. The number of rotatable bonds is 3. The van der Waals surface area contributed by atoms with Crippen LogP contribution < -0.4 is 15.8 Å². The van der Waals surface area contributed by atoms with Gasteiger partial charge in [0.15, 0.2) is 0 Å². The lowest BCUT2D eigenvalue weighted by molar-refractivity contribution is -0.125.